The molecule has 13 heteroatoms. The SMILES string of the molecule is CCS/C(=N\c1ccc([N+](=O)[O-])c(C(F)(F)F)c1)C1(C)CC(C(F)(F)F)=NN1. The third-order valence-corrected chi connectivity index (χ3v) is 4.86. The quantitative estimate of drug-likeness (QED) is 0.239. The minimum atomic E-state index is -4.99. The molecule has 154 valence electrons. The molecule has 6 nitrogen and oxygen atoms in total. The molecule has 0 aromatic heterocycles. The molecular formula is C15H14F6N4O2S. The van der Waals surface area contributed by atoms with Crippen LogP contribution in [0.5, 0.6) is 0 Å². The van der Waals surface area contributed by atoms with Crippen LogP contribution in [0.3, 0.4) is 0 Å². The van der Waals surface area contributed by atoms with Gasteiger partial charge in [0.25, 0.3) is 5.69 Å². The Morgan fingerprint density at radius 2 is 1.96 bits per heavy atom. The van der Waals surface area contributed by atoms with E-state index in [1.165, 1.54) is 6.92 Å². The van der Waals surface area contributed by atoms with Crippen molar-refractivity contribution in [3.63, 3.8) is 0 Å². The van der Waals surface area contributed by atoms with Gasteiger partial charge in [0.15, 0.2) is 0 Å². The van der Waals surface area contributed by atoms with Gasteiger partial charge in [0.1, 0.15) is 21.9 Å². The van der Waals surface area contributed by atoms with Crippen molar-refractivity contribution in [2.75, 3.05) is 5.75 Å². The van der Waals surface area contributed by atoms with Gasteiger partial charge < -0.3 is 0 Å². The molecule has 2 rings (SSSR count). The summed E-state index contributed by atoms with van der Waals surface area (Å²) < 4.78 is 78.0. The molecule has 28 heavy (non-hydrogen) atoms. The molecule has 0 aliphatic carbocycles. The van der Waals surface area contributed by atoms with Crippen molar-refractivity contribution in [2.24, 2.45) is 10.1 Å². The topological polar surface area (TPSA) is 79.9 Å². The van der Waals surface area contributed by atoms with E-state index < -0.39 is 46.2 Å². The maximum absolute atomic E-state index is 13.1. The standard InChI is InChI=1S/C15H14F6N4O2S/c1-3-28-12(13(2)7-11(23-24-13)15(19,20)21)22-8-4-5-10(25(26)27)9(6-8)14(16,17)18/h4-6,24H,3,7H2,1-2H3/b22-12-. The fourth-order valence-corrected chi connectivity index (χ4v) is 3.32. The van der Waals surface area contributed by atoms with Crippen LogP contribution in [-0.2, 0) is 6.18 Å². The minimum absolute atomic E-state index is 0.0833. The van der Waals surface area contributed by atoms with Crippen molar-refractivity contribution < 1.29 is 31.3 Å². The van der Waals surface area contributed by atoms with Crippen LogP contribution in [0.1, 0.15) is 25.8 Å². The van der Waals surface area contributed by atoms with E-state index in [0.29, 0.717) is 17.9 Å². The number of nitrogens with zero attached hydrogens (tertiary/aromatic N) is 3. The zero-order valence-corrected chi connectivity index (χ0v) is 15.3. The second-order valence-electron chi connectivity index (χ2n) is 5.98. The van der Waals surface area contributed by atoms with Gasteiger partial charge in [0.05, 0.1) is 10.6 Å². The van der Waals surface area contributed by atoms with Gasteiger partial charge >= 0.3 is 12.4 Å². The Bertz CT molecular complexity index is 837. The summed E-state index contributed by atoms with van der Waals surface area (Å²) in [7, 11) is 0. The van der Waals surface area contributed by atoms with Crippen LogP contribution < -0.4 is 5.43 Å². The Hall–Kier alpha value is -2.31. The summed E-state index contributed by atoms with van der Waals surface area (Å²) in [4.78, 5) is 13.7. The third-order valence-electron chi connectivity index (χ3n) is 3.75. The zero-order valence-electron chi connectivity index (χ0n) is 14.5. The fourth-order valence-electron chi connectivity index (χ4n) is 2.44. The Morgan fingerprint density at radius 1 is 1.32 bits per heavy atom. The van der Waals surface area contributed by atoms with Crippen LogP contribution in [-0.4, -0.2) is 33.1 Å². The number of hydrogen-bond acceptors (Lipinski definition) is 6. The van der Waals surface area contributed by atoms with Gasteiger partial charge in [0, 0.05) is 12.5 Å². The first-order chi connectivity index (χ1) is 12.8. The molecule has 1 atom stereocenters. The summed E-state index contributed by atoms with van der Waals surface area (Å²) in [5.74, 6) is 0.385. The predicted octanol–water partition coefficient (Wildman–Crippen LogP) is 5.07. The van der Waals surface area contributed by atoms with E-state index in [1.807, 2.05) is 0 Å². The van der Waals surface area contributed by atoms with Crippen molar-refractivity contribution in [1.29, 1.82) is 0 Å². The smallest absolute Gasteiger partial charge is 0.297 e. The molecule has 0 amide bonds. The number of alkyl halides is 6. The van der Waals surface area contributed by atoms with E-state index in [1.54, 1.807) is 6.92 Å². The lowest BCUT2D eigenvalue weighted by Gasteiger charge is -2.25. The number of nitro benzene ring substituents is 1. The van der Waals surface area contributed by atoms with Gasteiger partial charge in [0.2, 0.25) is 0 Å². The molecule has 0 bridgehead atoms. The number of hydrazone groups is 1. The number of rotatable bonds is 4. The molecule has 0 saturated carbocycles. The third kappa shape index (κ3) is 4.75. The average molecular weight is 428 g/mol. The summed E-state index contributed by atoms with van der Waals surface area (Å²) in [5, 5.41) is 14.2. The highest BCUT2D eigenvalue weighted by Crippen LogP contribution is 2.39. The van der Waals surface area contributed by atoms with E-state index in [-0.39, 0.29) is 10.7 Å². The lowest BCUT2D eigenvalue weighted by atomic mass is 9.98. The number of benzene rings is 1. The van der Waals surface area contributed by atoms with Crippen LogP contribution in [0.15, 0.2) is 28.3 Å². The number of halogens is 6. The highest BCUT2D eigenvalue weighted by Gasteiger charge is 2.47. The second kappa shape index (κ2) is 7.60. The highest BCUT2D eigenvalue weighted by atomic mass is 32.2. The molecular weight excluding hydrogens is 414 g/mol. The second-order valence-corrected chi connectivity index (χ2v) is 7.24. The molecule has 1 N–H and O–H groups in total. The van der Waals surface area contributed by atoms with Crippen molar-refractivity contribution in [2.45, 2.75) is 38.2 Å². The van der Waals surface area contributed by atoms with Crippen molar-refractivity contribution in [3.05, 3.63) is 33.9 Å². The van der Waals surface area contributed by atoms with Crippen LogP contribution in [0, 0.1) is 10.1 Å². The maximum Gasteiger partial charge on any atom is 0.431 e. The van der Waals surface area contributed by atoms with Gasteiger partial charge in [-0.3, -0.25) is 15.5 Å². The molecule has 1 unspecified atom stereocenters. The van der Waals surface area contributed by atoms with E-state index in [4.69, 9.17) is 0 Å². The maximum atomic E-state index is 13.1. The lowest BCUT2D eigenvalue weighted by Crippen LogP contribution is -2.43. The van der Waals surface area contributed by atoms with E-state index >= 15 is 0 Å². The molecule has 0 radical (unpaired) electrons. The van der Waals surface area contributed by atoms with Crippen LogP contribution >= 0.6 is 11.8 Å². The normalized spacial score (nSPS) is 20.7. The molecule has 1 heterocycles. The van der Waals surface area contributed by atoms with Gasteiger partial charge in [-0.15, -0.1) is 11.8 Å². The fraction of sp³-hybridized carbons (Fsp3) is 0.467. The van der Waals surface area contributed by atoms with Crippen molar-refractivity contribution in [1.82, 2.24) is 5.43 Å². The van der Waals surface area contributed by atoms with Crippen LogP contribution in [0.2, 0.25) is 0 Å². The van der Waals surface area contributed by atoms with E-state index in [0.717, 1.165) is 17.8 Å². The Morgan fingerprint density at radius 3 is 2.43 bits per heavy atom. The first-order valence-electron chi connectivity index (χ1n) is 7.76. The molecule has 0 spiro atoms. The summed E-state index contributed by atoms with van der Waals surface area (Å²) in [6.07, 6.45) is -10.2. The first kappa shape index (κ1) is 22.0. The molecule has 1 aliphatic heterocycles. The monoisotopic (exact) mass is 428 g/mol. The van der Waals surface area contributed by atoms with Crippen LogP contribution in [0.25, 0.3) is 0 Å². The largest absolute Gasteiger partial charge is 0.431 e. The number of hydrogen-bond donors (Lipinski definition) is 1. The van der Waals surface area contributed by atoms with Gasteiger partial charge in [-0.1, -0.05) is 6.92 Å². The molecule has 0 saturated heterocycles. The van der Waals surface area contributed by atoms with Crippen LogP contribution in [0.4, 0.5) is 37.7 Å². The number of nitro groups is 1. The molecule has 0 fully saturated rings. The average Bonchev–Trinajstić information content (AvgIpc) is 2.97. The zero-order chi connectivity index (χ0) is 21.3. The van der Waals surface area contributed by atoms with Crippen molar-refractivity contribution >= 4 is 33.9 Å². The summed E-state index contributed by atoms with van der Waals surface area (Å²) in [6, 6.07) is 2.17. The summed E-state index contributed by atoms with van der Waals surface area (Å²) in [6.45, 7) is 3.09. The van der Waals surface area contributed by atoms with E-state index in [2.05, 4.69) is 15.5 Å². The summed E-state index contributed by atoms with van der Waals surface area (Å²) >= 11 is 1.04. The van der Waals surface area contributed by atoms with Gasteiger partial charge in [-0.25, -0.2) is 4.99 Å². The number of aliphatic imine (C=N–C) groups is 1. The Labute approximate surface area is 159 Å². The lowest BCUT2D eigenvalue weighted by molar-refractivity contribution is -0.388. The Balaban J connectivity index is 2.46. The van der Waals surface area contributed by atoms with Gasteiger partial charge in [-0.05, 0) is 24.8 Å². The molecule has 1 aromatic carbocycles. The minimum Gasteiger partial charge on any atom is -0.297 e. The number of thioether (sulfide) groups is 1. The molecule has 1 aliphatic rings. The van der Waals surface area contributed by atoms with E-state index in [9.17, 15) is 36.5 Å². The highest BCUT2D eigenvalue weighted by molar-refractivity contribution is 8.14. The van der Waals surface area contributed by atoms with Crippen molar-refractivity contribution in [3.8, 4) is 0 Å². The Kier molecular flexibility index (Phi) is 5.97. The summed E-state index contributed by atoms with van der Waals surface area (Å²) in [5.41, 5.74) is -2.96. The first-order valence-corrected chi connectivity index (χ1v) is 8.75. The van der Waals surface area contributed by atoms with Gasteiger partial charge in [-0.2, -0.15) is 31.4 Å². The predicted molar refractivity (Wildman–Crippen MR) is 93.0 cm³/mol. The molecule has 1 aromatic rings. The number of nitrogens with one attached hydrogen (secondary N) is 1.